The second kappa shape index (κ2) is 3.49. The number of benzene rings is 1. The van der Waals surface area contributed by atoms with Crippen LogP contribution in [0.1, 0.15) is 5.56 Å². The van der Waals surface area contributed by atoms with Crippen LogP contribution in [0, 0.1) is 0 Å². The maximum Gasteiger partial charge on any atom is 0.211 e. The third-order valence-corrected chi connectivity index (χ3v) is 2.23. The van der Waals surface area contributed by atoms with E-state index in [1.807, 2.05) is 6.07 Å². The fourth-order valence-electron chi connectivity index (χ4n) is 1.48. The summed E-state index contributed by atoms with van der Waals surface area (Å²) in [6.07, 6.45) is 2.31. The second-order valence-corrected chi connectivity index (χ2v) is 3.18. The molecule has 0 aliphatic carbocycles. The van der Waals surface area contributed by atoms with Gasteiger partial charge in [-0.05, 0) is 12.1 Å². The van der Waals surface area contributed by atoms with Gasteiger partial charge in [0.15, 0.2) is 0 Å². The van der Waals surface area contributed by atoms with Crippen molar-refractivity contribution in [1.82, 2.24) is 10.3 Å². The molecule has 1 amide bonds. The summed E-state index contributed by atoms with van der Waals surface area (Å²) in [7, 11) is 0. The summed E-state index contributed by atoms with van der Waals surface area (Å²) in [5.41, 5.74) is 1.75. The molecule has 0 saturated carbocycles. The zero-order valence-corrected chi connectivity index (χ0v) is 7.95. The SMILES string of the molecule is C=C(NC=O)c1cc2cc[nH]c2cc1O. The Hall–Kier alpha value is -2.23. The zero-order chi connectivity index (χ0) is 10.8. The molecule has 0 unspecified atom stereocenters. The normalized spacial score (nSPS) is 10.1. The number of phenols is 1. The molecule has 1 aromatic heterocycles. The minimum absolute atomic E-state index is 0.0873. The van der Waals surface area contributed by atoms with Crippen LogP contribution in [-0.2, 0) is 4.79 Å². The highest BCUT2D eigenvalue weighted by atomic mass is 16.3. The van der Waals surface area contributed by atoms with E-state index in [0.717, 1.165) is 10.9 Å². The van der Waals surface area contributed by atoms with Gasteiger partial charge in [0.25, 0.3) is 0 Å². The topological polar surface area (TPSA) is 65.1 Å². The van der Waals surface area contributed by atoms with Gasteiger partial charge in [-0.15, -0.1) is 0 Å². The first-order valence-corrected chi connectivity index (χ1v) is 4.42. The Morgan fingerprint density at radius 1 is 1.53 bits per heavy atom. The van der Waals surface area contributed by atoms with Gasteiger partial charge in [-0.1, -0.05) is 6.58 Å². The van der Waals surface area contributed by atoms with Crippen molar-refractivity contribution in [2.75, 3.05) is 0 Å². The van der Waals surface area contributed by atoms with Crippen molar-refractivity contribution in [3.05, 3.63) is 36.5 Å². The Balaban J connectivity index is 2.54. The minimum atomic E-state index is 0.0873. The Labute approximate surface area is 86.2 Å². The molecule has 4 nitrogen and oxygen atoms in total. The van der Waals surface area contributed by atoms with Crippen LogP contribution < -0.4 is 5.32 Å². The van der Waals surface area contributed by atoms with Crippen LogP contribution in [0.25, 0.3) is 16.6 Å². The molecule has 2 aromatic rings. The molecule has 1 heterocycles. The molecule has 4 heteroatoms. The molecule has 76 valence electrons. The van der Waals surface area contributed by atoms with Gasteiger partial charge in [0, 0.05) is 34.4 Å². The average Bonchev–Trinajstić information content (AvgIpc) is 2.63. The van der Waals surface area contributed by atoms with E-state index < -0.39 is 0 Å². The van der Waals surface area contributed by atoms with Crippen molar-refractivity contribution < 1.29 is 9.90 Å². The number of hydrogen-bond acceptors (Lipinski definition) is 2. The number of carbonyl (C=O) groups excluding carboxylic acids is 1. The number of aromatic amines is 1. The van der Waals surface area contributed by atoms with Crippen LogP contribution in [0.2, 0.25) is 0 Å². The van der Waals surface area contributed by atoms with E-state index in [4.69, 9.17) is 0 Å². The van der Waals surface area contributed by atoms with E-state index in [0.29, 0.717) is 17.7 Å². The van der Waals surface area contributed by atoms with Gasteiger partial charge in [-0.2, -0.15) is 0 Å². The van der Waals surface area contributed by atoms with E-state index in [2.05, 4.69) is 16.9 Å². The molecule has 2 rings (SSSR count). The molecule has 0 bridgehead atoms. The summed E-state index contributed by atoms with van der Waals surface area (Å²) in [4.78, 5) is 13.2. The fourth-order valence-corrected chi connectivity index (χ4v) is 1.48. The molecule has 3 N–H and O–H groups in total. The van der Waals surface area contributed by atoms with Gasteiger partial charge in [-0.3, -0.25) is 4.79 Å². The quantitative estimate of drug-likeness (QED) is 0.662. The first-order valence-electron chi connectivity index (χ1n) is 4.42. The van der Waals surface area contributed by atoms with Gasteiger partial charge in [0.1, 0.15) is 5.75 Å². The number of aromatic nitrogens is 1. The lowest BCUT2D eigenvalue weighted by atomic mass is 10.1. The summed E-state index contributed by atoms with van der Waals surface area (Å²) in [5, 5.41) is 13.1. The van der Waals surface area contributed by atoms with Crippen molar-refractivity contribution in [2.45, 2.75) is 0 Å². The van der Waals surface area contributed by atoms with E-state index >= 15 is 0 Å². The lowest BCUT2D eigenvalue weighted by Crippen LogP contribution is -2.07. The van der Waals surface area contributed by atoms with E-state index in [-0.39, 0.29) is 5.75 Å². The van der Waals surface area contributed by atoms with Gasteiger partial charge in [0.05, 0.1) is 0 Å². The van der Waals surface area contributed by atoms with Crippen LogP contribution in [-0.4, -0.2) is 16.5 Å². The van der Waals surface area contributed by atoms with E-state index in [1.54, 1.807) is 18.3 Å². The molecule has 1 aromatic carbocycles. The molecule has 0 aliphatic rings. The first-order chi connectivity index (χ1) is 7.22. The van der Waals surface area contributed by atoms with Gasteiger partial charge in [0.2, 0.25) is 6.41 Å². The standard InChI is InChI=1S/C11H10N2O2/c1-7(13-6-14)9-4-8-2-3-12-10(8)5-11(9)15/h2-6,12,15H,1H2,(H,13,14). The van der Waals surface area contributed by atoms with Crippen molar-refractivity contribution in [3.8, 4) is 5.75 Å². The van der Waals surface area contributed by atoms with Crippen LogP contribution in [0.5, 0.6) is 5.75 Å². The maximum absolute atomic E-state index is 10.3. The van der Waals surface area contributed by atoms with Gasteiger partial charge < -0.3 is 15.4 Å². The number of fused-ring (bicyclic) bond motifs is 1. The van der Waals surface area contributed by atoms with Crippen LogP contribution in [0.4, 0.5) is 0 Å². The highest BCUT2D eigenvalue weighted by Crippen LogP contribution is 2.27. The summed E-state index contributed by atoms with van der Waals surface area (Å²) in [5.74, 6) is 0.0873. The average molecular weight is 202 g/mol. The molecule has 0 radical (unpaired) electrons. The second-order valence-electron chi connectivity index (χ2n) is 3.18. The first kappa shape index (κ1) is 9.33. The molecule has 0 aliphatic heterocycles. The highest BCUT2D eigenvalue weighted by molar-refractivity contribution is 5.87. The Morgan fingerprint density at radius 2 is 2.33 bits per heavy atom. The Kier molecular flexibility index (Phi) is 2.17. The van der Waals surface area contributed by atoms with Crippen molar-refractivity contribution in [3.63, 3.8) is 0 Å². The monoisotopic (exact) mass is 202 g/mol. The Bertz CT molecular complexity index is 528. The third kappa shape index (κ3) is 1.57. The van der Waals surface area contributed by atoms with E-state index in [1.165, 1.54) is 0 Å². The largest absolute Gasteiger partial charge is 0.507 e. The maximum atomic E-state index is 10.3. The molecule has 0 saturated heterocycles. The van der Waals surface area contributed by atoms with Crippen LogP contribution in [0.15, 0.2) is 31.0 Å². The summed E-state index contributed by atoms with van der Waals surface area (Å²) in [6, 6.07) is 5.24. The third-order valence-electron chi connectivity index (χ3n) is 2.23. The molecule has 0 spiro atoms. The fraction of sp³-hybridized carbons (Fsp3) is 0. The predicted molar refractivity (Wildman–Crippen MR) is 58.2 cm³/mol. The van der Waals surface area contributed by atoms with Gasteiger partial charge >= 0.3 is 0 Å². The number of amides is 1. The van der Waals surface area contributed by atoms with Crippen LogP contribution >= 0.6 is 0 Å². The van der Waals surface area contributed by atoms with Crippen LogP contribution in [0.3, 0.4) is 0 Å². The van der Waals surface area contributed by atoms with Gasteiger partial charge in [-0.25, -0.2) is 0 Å². The van der Waals surface area contributed by atoms with Crippen molar-refractivity contribution >= 4 is 23.0 Å². The lowest BCUT2D eigenvalue weighted by Gasteiger charge is -2.06. The number of H-pyrrole nitrogens is 1. The molecular weight excluding hydrogens is 192 g/mol. The molecule has 0 atom stereocenters. The highest BCUT2D eigenvalue weighted by Gasteiger charge is 2.07. The van der Waals surface area contributed by atoms with Crippen molar-refractivity contribution in [1.29, 1.82) is 0 Å². The summed E-state index contributed by atoms with van der Waals surface area (Å²) < 4.78 is 0. The smallest absolute Gasteiger partial charge is 0.211 e. The van der Waals surface area contributed by atoms with E-state index in [9.17, 15) is 9.90 Å². The zero-order valence-electron chi connectivity index (χ0n) is 7.95. The Morgan fingerprint density at radius 3 is 3.07 bits per heavy atom. The summed E-state index contributed by atoms with van der Waals surface area (Å²) in [6.45, 7) is 3.65. The minimum Gasteiger partial charge on any atom is -0.507 e. The number of carbonyl (C=O) groups is 1. The number of nitrogens with one attached hydrogen (secondary N) is 2. The molecular formula is C11H10N2O2. The molecule has 0 fully saturated rings. The number of phenolic OH excluding ortho intramolecular Hbond substituents is 1. The number of aromatic hydroxyl groups is 1. The predicted octanol–water partition coefficient (Wildman–Crippen LogP) is 1.59. The summed E-state index contributed by atoms with van der Waals surface area (Å²) >= 11 is 0. The molecule has 15 heavy (non-hydrogen) atoms. The lowest BCUT2D eigenvalue weighted by molar-refractivity contribution is -0.108. The number of hydrogen-bond donors (Lipinski definition) is 3. The van der Waals surface area contributed by atoms with Crippen molar-refractivity contribution in [2.24, 2.45) is 0 Å². The number of rotatable bonds is 3.